The van der Waals surface area contributed by atoms with Crippen molar-refractivity contribution in [1.29, 1.82) is 0 Å². The van der Waals surface area contributed by atoms with E-state index >= 15 is 0 Å². The fraction of sp³-hybridized carbons (Fsp3) is 0.364. The molecule has 19 heavy (non-hydrogen) atoms. The van der Waals surface area contributed by atoms with Crippen molar-refractivity contribution in [3.63, 3.8) is 0 Å². The van der Waals surface area contributed by atoms with Crippen molar-refractivity contribution in [2.75, 3.05) is 19.3 Å². The number of rotatable bonds is 3. The molecule has 1 aromatic rings. The number of nitrogen functional groups attached to an aromatic ring is 1. The third-order valence-electron chi connectivity index (χ3n) is 2.99. The highest BCUT2D eigenvalue weighted by Crippen LogP contribution is 2.23. The van der Waals surface area contributed by atoms with Crippen LogP contribution in [-0.2, 0) is 14.8 Å². The lowest BCUT2D eigenvalue weighted by Crippen LogP contribution is -2.40. The number of carbonyl (C=O) groups excluding carboxylic acids is 1. The minimum atomic E-state index is -3.79. The van der Waals surface area contributed by atoms with Crippen LogP contribution in [0.1, 0.15) is 6.42 Å². The van der Waals surface area contributed by atoms with Gasteiger partial charge in [-0.2, -0.15) is 4.72 Å². The zero-order chi connectivity index (χ0) is 14.2. The third-order valence-corrected chi connectivity index (χ3v) is 5.03. The van der Waals surface area contributed by atoms with E-state index in [4.69, 9.17) is 5.73 Å². The summed E-state index contributed by atoms with van der Waals surface area (Å²) >= 11 is 3.21. The molecule has 104 valence electrons. The number of carbonyl (C=O) groups is 1. The standard InChI is InChI=1S/C11H14BrN3O3S/c1-15-5-4-9(11(15)16)14-19(17,18)10-3-2-7(12)6-8(10)13/h2-3,6,9,14H,4-5,13H2,1H3. The van der Waals surface area contributed by atoms with Crippen LogP contribution >= 0.6 is 15.9 Å². The number of halogens is 1. The molecule has 1 aliphatic heterocycles. The molecule has 1 aromatic carbocycles. The minimum Gasteiger partial charge on any atom is -0.398 e. The molecule has 0 bridgehead atoms. The van der Waals surface area contributed by atoms with Crippen LogP contribution in [0.15, 0.2) is 27.6 Å². The third kappa shape index (κ3) is 2.90. The number of hydrogen-bond donors (Lipinski definition) is 2. The van der Waals surface area contributed by atoms with Crippen LogP contribution in [0.3, 0.4) is 0 Å². The zero-order valence-electron chi connectivity index (χ0n) is 10.3. The van der Waals surface area contributed by atoms with Gasteiger partial charge in [-0.3, -0.25) is 4.79 Å². The summed E-state index contributed by atoms with van der Waals surface area (Å²) in [7, 11) is -2.15. The first-order chi connectivity index (χ1) is 8.81. The fourth-order valence-corrected chi connectivity index (χ4v) is 3.66. The van der Waals surface area contributed by atoms with Crippen LogP contribution in [-0.4, -0.2) is 38.9 Å². The lowest BCUT2D eigenvalue weighted by atomic mass is 10.3. The second-order valence-electron chi connectivity index (χ2n) is 4.40. The number of likely N-dealkylation sites (N-methyl/N-ethyl adjacent to an activating group) is 1. The van der Waals surface area contributed by atoms with Gasteiger partial charge in [0.05, 0.1) is 5.69 Å². The molecule has 1 amide bonds. The summed E-state index contributed by atoms with van der Waals surface area (Å²) in [6.07, 6.45) is 0.463. The normalized spacial score (nSPS) is 20.0. The van der Waals surface area contributed by atoms with Gasteiger partial charge in [-0.05, 0) is 24.6 Å². The molecule has 1 heterocycles. The first-order valence-corrected chi connectivity index (χ1v) is 7.91. The van der Waals surface area contributed by atoms with E-state index in [-0.39, 0.29) is 16.5 Å². The molecular formula is C11H14BrN3O3S. The van der Waals surface area contributed by atoms with E-state index in [9.17, 15) is 13.2 Å². The van der Waals surface area contributed by atoms with Crippen molar-refractivity contribution in [3.8, 4) is 0 Å². The van der Waals surface area contributed by atoms with Crippen molar-refractivity contribution in [1.82, 2.24) is 9.62 Å². The largest absolute Gasteiger partial charge is 0.398 e. The van der Waals surface area contributed by atoms with Gasteiger partial charge in [0, 0.05) is 18.1 Å². The molecule has 2 rings (SSSR count). The van der Waals surface area contributed by atoms with Crippen molar-refractivity contribution in [2.24, 2.45) is 0 Å². The molecule has 6 nitrogen and oxygen atoms in total. The van der Waals surface area contributed by atoms with Crippen LogP contribution in [0.4, 0.5) is 5.69 Å². The van der Waals surface area contributed by atoms with Gasteiger partial charge in [-0.1, -0.05) is 15.9 Å². The molecule has 1 atom stereocenters. The van der Waals surface area contributed by atoms with E-state index in [1.54, 1.807) is 13.1 Å². The van der Waals surface area contributed by atoms with E-state index in [0.717, 1.165) is 0 Å². The summed E-state index contributed by atoms with van der Waals surface area (Å²) in [6.45, 7) is 0.543. The maximum Gasteiger partial charge on any atom is 0.243 e. The number of likely N-dealkylation sites (tertiary alicyclic amines) is 1. The molecule has 1 unspecified atom stereocenters. The fourth-order valence-electron chi connectivity index (χ4n) is 1.95. The second kappa shape index (κ2) is 5.10. The van der Waals surface area contributed by atoms with Crippen molar-refractivity contribution in [3.05, 3.63) is 22.7 Å². The second-order valence-corrected chi connectivity index (χ2v) is 7.00. The average molecular weight is 348 g/mol. The Balaban J connectivity index is 2.26. The summed E-state index contributed by atoms with van der Waals surface area (Å²) in [5, 5.41) is 0. The molecular weight excluding hydrogens is 334 g/mol. The first-order valence-electron chi connectivity index (χ1n) is 5.63. The predicted molar refractivity (Wildman–Crippen MR) is 74.9 cm³/mol. The maximum absolute atomic E-state index is 12.2. The van der Waals surface area contributed by atoms with Gasteiger partial charge in [-0.15, -0.1) is 0 Å². The molecule has 0 radical (unpaired) electrons. The number of hydrogen-bond acceptors (Lipinski definition) is 4. The lowest BCUT2D eigenvalue weighted by Gasteiger charge is -2.14. The summed E-state index contributed by atoms with van der Waals surface area (Å²) in [6, 6.07) is 3.80. The molecule has 0 aromatic heterocycles. The Hall–Kier alpha value is -1.12. The number of benzene rings is 1. The Morgan fingerprint density at radius 3 is 2.68 bits per heavy atom. The van der Waals surface area contributed by atoms with Gasteiger partial charge in [0.2, 0.25) is 15.9 Å². The molecule has 1 fully saturated rings. The van der Waals surface area contributed by atoms with E-state index < -0.39 is 16.1 Å². The van der Waals surface area contributed by atoms with Crippen LogP contribution < -0.4 is 10.5 Å². The SMILES string of the molecule is CN1CCC(NS(=O)(=O)c2ccc(Br)cc2N)C1=O. The van der Waals surface area contributed by atoms with Crippen LogP contribution in [0, 0.1) is 0 Å². The Bertz CT molecular complexity index is 618. The quantitative estimate of drug-likeness (QED) is 0.780. The van der Waals surface area contributed by atoms with Crippen LogP contribution in [0.2, 0.25) is 0 Å². The molecule has 0 saturated carbocycles. The minimum absolute atomic E-state index is 0.0157. The number of amides is 1. The van der Waals surface area contributed by atoms with Crippen molar-refractivity contribution >= 4 is 37.5 Å². The Morgan fingerprint density at radius 2 is 2.16 bits per heavy atom. The van der Waals surface area contributed by atoms with Gasteiger partial charge in [0.15, 0.2) is 0 Å². The lowest BCUT2D eigenvalue weighted by molar-refractivity contribution is -0.127. The summed E-state index contributed by atoms with van der Waals surface area (Å²) in [5.41, 5.74) is 5.84. The number of nitrogens with two attached hydrogens (primary N) is 1. The number of anilines is 1. The van der Waals surface area contributed by atoms with Crippen molar-refractivity contribution in [2.45, 2.75) is 17.4 Å². The number of sulfonamides is 1. The Morgan fingerprint density at radius 1 is 1.47 bits per heavy atom. The summed E-state index contributed by atoms with van der Waals surface area (Å²) in [4.78, 5) is 13.2. The van der Waals surface area contributed by atoms with Gasteiger partial charge in [-0.25, -0.2) is 8.42 Å². The van der Waals surface area contributed by atoms with E-state index in [1.165, 1.54) is 17.0 Å². The smallest absolute Gasteiger partial charge is 0.243 e. The van der Waals surface area contributed by atoms with Crippen LogP contribution in [0.5, 0.6) is 0 Å². The number of nitrogens with zero attached hydrogens (tertiary/aromatic N) is 1. The molecule has 8 heteroatoms. The molecule has 0 spiro atoms. The molecule has 3 N–H and O–H groups in total. The topological polar surface area (TPSA) is 92.5 Å². The zero-order valence-corrected chi connectivity index (χ0v) is 12.7. The highest BCUT2D eigenvalue weighted by molar-refractivity contribution is 9.10. The highest BCUT2D eigenvalue weighted by Gasteiger charge is 2.33. The van der Waals surface area contributed by atoms with Gasteiger partial charge >= 0.3 is 0 Å². The monoisotopic (exact) mass is 347 g/mol. The maximum atomic E-state index is 12.2. The summed E-state index contributed by atoms with van der Waals surface area (Å²) in [5.74, 6) is -0.223. The average Bonchev–Trinajstić information content (AvgIpc) is 2.60. The summed E-state index contributed by atoms with van der Waals surface area (Å²) < 4.78 is 27.5. The van der Waals surface area contributed by atoms with Gasteiger partial charge < -0.3 is 10.6 Å². The van der Waals surface area contributed by atoms with Crippen molar-refractivity contribution < 1.29 is 13.2 Å². The molecule has 1 saturated heterocycles. The Labute approximate surface area is 120 Å². The predicted octanol–water partition coefficient (Wildman–Crippen LogP) is 0.540. The van der Waals surface area contributed by atoms with Gasteiger partial charge in [0.1, 0.15) is 10.9 Å². The van der Waals surface area contributed by atoms with E-state index in [2.05, 4.69) is 20.7 Å². The molecule has 0 aliphatic carbocycles. The van der Waals surface area contributed by atoms with Gasteiger partial charge in [0.25, 0.3) is 0 Å². The Kier molecular flexibility index (Phi) is 3.84. The molecule has 1 aliphatic rings. The van der Waals surface area contributed by atoms with Crippen LogP contribution in [0.25, 0.3) is 0 Å². The highest BCUT2D eigenvalue weighted by atomic mass is 79.9. The first kappa shape index (κ1) is 14.3. The van der Waals surface area contributed by atoms with E-state index in [0.29, 0.717) is 17.4 Å². The number of nitrogens with one attached hydrogen (secondary N) is 1. The van der Waals surface area contributed by atoms with E-state index in [1.807, 2.05) is 0 Å².